The number of aromatic nitrogens is 1. The van der Waals surface area contributed by atoms with Crippen LogP contribution in [0, 0.1) is 5.82 Å². The van der Waals surface area contributed by atoms with Crippen molar-refractivity contribution in [1.82, 2.24) is 10.3 Å². The van der Waals surface area contributed by atoms with Crippen LogP contribution >= 0.6 is 23.2 Å². The smallest absolute Gasteiger partial charge is 0.271 e. The summed E-state index contributed by atoms with van der Waals surface area (Å²) in [7, 11) is 0. The molecule has 0 atom stereocenters. The van der Waals surface area contributed by atoms with Crippen molar-refractivity contribution in [2.24, 2.45) is 0 Å². The van der Waals surface area contributed by atoms with E-state index in [1.54, 1.807) is 24.3 Å². The third kappa shape index (κ3) is 5.06. The lowest BCUT2D eigenvalue weighted by Crippen LogP contribution is -2.24. The molecule has 3 aromatic rings. The number of carbonyl (C=O) groups excluding carboxylic acids is 2. The highest BCUT2D eigenvalue weighted by Crippen LogP contribution is 2.17. The molecule has 28 heavy (non-hydrogen) atoms. The molecule has 2 aromatic carbocycles. The number of hydrogen-bond donors (Lipinski definition) is 2. The summed E-state index contributed by atoms with van der Waals surface area (Å²) in [6.07, 6.45) is 0. The van der Waals surface area contributed by atoms with Crippen LogP contribution in [0.2, 0.25) is 10.2 Å². The van der Waals surface area contributed by atoms with Crippen LogP contribution in [0.3, 0.4) is 0 Å². The zero-order valence-corrected chi connectivity index (χ0v) is 15.9. The third-order valence-corrected chi connectivity index (χ3v) is 4.29. The molecule has 5 nitrogen and oxygen atoms in total. The Balaban J connectivity index is 1.64. The number of rotatable bonds is 5. The number of amides is 2. The van der Waals surface area contributed by atoms with E-state index in [1.807, 2.05) is 0 Å². The van der Waals surface area contributed by atoms with Crippen molar-refractivity contribution in [2.45, 2.75) is 6.54 Å². The van der Waals surface area contributed by atoms with E-state index < -0.39 is 11.7 Å². The predicted molar refractivity (Wildman–Crippen MR) is 106 cm³/mol. The van der Waals surface area contributed by atoms with Gasteiger partial charge in [-0.1, -0.05) is 35.3 Å². The van der Waals surface area contributed by atoms with Crippen LogP contribution < -0.4 is 10.6 Å². The molecule has 0 saturated heterocycles. The molecule has 2 amide bonds. The number of hydrogen-bond acceptors (Lipinski definition) is 3. The Kier molecular flexibility index (Phi) is 6.23. The van der Waals surface area contributed by atoms with Crippen molar-refractivity contribution in [3.63, 3.8) is 0 Å². The molecular weight excluding hydrogens is 404 g/mol. The molecule has 0 spiro atoms. The van der Waals surface area contributed by atoms with Crippen LogP contribution in [0.1, 0.15) is 26.4 Å². The van der Waals surface area contributed by atoms with Gasteiger partial charge in [-0.15, -0.1) is 0 Å². The van der Waals surface area contributed by atoms with E-state index in [2.05, 4.69) is 15.6 Å². The summed E-state index contributed by atoms with van der Waals surface area (Å²) < 4.78 is 13.0. The molecule has 0 aliphatic heterocycles. The van der Waals surface area contributed by atoms with Gasteiger partial charge in [0.05, 0.1) is 5.02 Å². The van der Waals surface area contributed by atoms with Crippen molar-refractivity contribution in [3.05, 3.63) is 93.5 Å². The molecule has 0 radical (unpaired) electrons. The van der Waals surface area contributed by atoms with Gasteiger partial charge in [0.1, 0.15) is 16.7 Å². The normalized spacial score (nSPS) is 10.4. The lowest BCUT2D eigenvalue weighted by atomic mass is 10.1. The Morgan fingerprint density at radius 1 is 0.964 bits per heavy atom. The highest BCUT2D eigenvalue weighted by atomic mass is 35.5. The molecule has 2 N–H and O–H groups in total. The molecule has 8 heteroatoms. The number of anilines is 1. The molecular formula is C20H14Cl2FN3O2. The fraction of sp³-hybridized carbons (Fsp3) is 0.0500. The van der Waals surface area contributed by atoms with Crippen molar-refractivity contribution in [1.29, 1.82) is 0 Å². The molecule has 142 valence electrons. The first-order valence-corrected chi connectivity index (χ1v) is 8.94. The summed E-state index contributed by atoms with van der Waals surface area (Å²) in [6.45, 7) is 0.198. The first-order valence-electron chi connectivity index (χ1n) is 8.18. The molecule has 0 bridgehead atoms. The second-order valence-corrected chi connectivity index (χ2v) is 6.60. The van der Waals surface area contributed by atoms with E-state index in [9.17, 15) is 14.0 Å². The average molecular weight is 418 g/mol. The number of pyridine rings is 1. The van der Waals surface area contributed by atoms with Crippen LogP contribution in [0.4, 0.5) is 10.1 Å². The van der Waals surface area contributed by atoms with Crippen molar-refractivity contribution in [2.75, 3.05) is 5.32 Å². The molecule has 1 heterocycles. The van der Waals surface area contributed by atoms with E-state index in [0.717, 1.165) is 5.56 Å². The Bertz CT molecular complexity index is 1030. The van der Waals surface area contributed by atoms with Crippen LogP contribution in [0.15, 0.2) is 60.7 Å². The minimum Gasteiger partial charge on any atom is -0.347 e. The largest absolute Gasteiger partial charge is 0.347 e. The lowest BCUT2D eigenvalue weighted by molar-refractivity contribution is 0.0945. The van der Waals surface area contributed by atoms with Gasteiger partial charge >= 0.3 is 0 Å². The quantitative estimate of drug-likeness (QED) is 0.590. The average Bonchev–Trinajstić information content (AvgIpc) is 2.68. The SMILES string of the molecule is O=C(Nc1cccc(CNC(=O)c2nc(Cl)ccc2Cl)c1)c1ccc(F)cc1. The maximum absolute atomic E-state index is 13.0. The minimum atomic E-state index is -0.465. The lowest BCUT2D eigenvalue weighted by Gasteiger charge is -2.09. The van der Waals surface area contributed by atoms with Crippen LogP contribution in [0.5, 0.6) is 0 Å². The molecule has 0 fully saturated rings. The van der Waals surface area contributed by atoms with Crippen LogP contribution in [-0.4, -0.2) is 16.8 Å². The Labute approximate surface area is 170 Å². The molecule has 0 aliphatic carbocycles. The third-order valence-electron chi connectivity index (χ3n) is 3.77. The van der Waals surface area contributed by atoms with Gasteiger partial charge in [0.2, 0.25) is 0 Å². The maximum Gasteiger partial charge on any atom is 0.271 e. The van der Waals surface area contributed by atoms with E-state index in [-0.39, 0.29) is 28.3 Å². The Hall–Kier alpha value is -2.96. The number of nitrogens with zero attached hydrogens (tertiary/aromatic N) is 1. The van der Waals surface area contributed by atoms with Gasteiger partial charge < -0.3 is 10.6 Å². The van der Waals surface area contributed by atoms with E-state index >= 15 is 0 Å². The topological polar surface area (TPSA) is 71.1 Å². The van der Waals surface area contributed by atoms with Crippen molar-refractivity contribution in [3.8, 4) is 0 Å². The second-order valence-electron chi connectivity index (χ2n) is 5.81. The van der Waals surface area contributed by atoms with Gasteiger partial charge in [-0.3, -0.25) is 9.59 Å². The van der Waals surface area contributed by atoms with E-state index in [0.29, 0.717) is 11.3 Å². The van der Waals surface area contributed by atoms with Gasteiger partial charge in [-0.25, -0.2) is 9.37 Å². The summed E-state index contributed by atoms with van der Waals surface area (Å²) in [4.78, 5) is 28.4. The van der Waals surface area contributed by atoms with E-state index in [4.69, 9.17) is 23.2 Å². The second kappa shape index (κ2) is 8.82. The standard InChI is InChI=1S/C20H14Cl2FN3O2/c21-16-8-9-17(22)26-18(16)20(28)24-11-12-2-1-3-15(10-12)25-19(27)13-4-6-14(23)7-5-13/h1-10H,11H2,(H,24,28)(H,25,27). The molecule has 3 rings (SSSR count). The highest BCUT2D eigenvalue weighted by molar-refractivity contribution is 6.34. The predicted octanol–water partition coefficient (Wildman–Crippen LogP) is 4.71. The minimum absolute atomic E-state index is 0.0370. The van der Waals surface area contributed by atoms with Gasteiger partial charge in [-0.2, -0.15) is 0 Å². The monoisotopic (exact) mass is 417 g/mol. The van der Waals surface area contributed by atoms with Crippen molar-refractivity contribution < 1.29 is 14.0 Å². The zero-order chi connectivity index (χ0) is 20.1. The Morgan fingerprint density at radius 2 is 1.71 bits per heavy atom. The van der Waals surface area contributed by atoms with Crippen LogP contribution in [0.25, 0.3) is 0 Å². The number of benzene rings is 2. The number of halogens is 3. The van der Waals surface area contributed by atoms with Gasteiger partial charge in [0.25, 0.3) is 11.8 Å². The van der Waals surface area contributed by atoms with E-state index in [1.165, 1.54) is 36.4 Å². The summed E-state index contributed by atoms with van der Waals surface area (Å²) in [5, 5.41) is 5.80. The van der Waals surface area contributed by atoms with Gasteiger partial charge in [0.15, 0.2) is 0 Å². The summed E-state index contributed by atoms with van der Waals surface area (Å²) in [6, 6.07) is 15.2. The fourth-order valence-electron chi connectivity index (χ4n) is 2.41. The first kappa shape index (κ1) is 19.8. The summed E-state index contributed by atoms with van der Waals surface area (Å²) in [5.41, 5.74) is 1.67. The van der Waals surface area contributed by atoms with Crippen molar-refractivity contribution >= 4 is 40.7 Å². The maximum atomic E-state index is 13.0. The first-order chi connectivity index (χ1) is 13.4. The number of nitrogens with one attached hydrogen (secondary N) is 2. The summed E-state index contributed by atoms with van der Waals surface area (Å²) >= 11 is 11.8. The molecule has 1 aromatic heterocycles. The molecule has 0 saturated carbocycles. The van der Waals surface area contributed by atoms with Gasteiger partial charge in [-0.05, 0) is 54.1 Å². The summed E-state index contributed by atoms with van der Waals surface area (Å²) in [5.74, 6) is -1.24. The fourth-order valence-corrected chi connectivity index (χ4v) is 2.75. The zero-order valence-electron chi connectivity index (χ0n) is 14.4. The van der Waals surface area contributed by atoms with Crippen LogP contribution in [-0.2, 0) is 6.54 Å². The van der Waals surface area contributed by atoms with Gasteiger partial charge in [0, 0.05) is 17.8 Å². The Morgan fingerprint density at radius 3 is 2.46 bits per heavy atom. The highest BCUT2D eigenvalue weighted by Gasteiger charge is 2.13. The molecule has 0 aliphatic rings. The molecule has 0 unspecified atom stereocenters. The number of carbonyl (C=O) groups is 2.